The van der Waals surface area contributed by atoms with Gasteiger partial charge in [0.15, 0.2) is 0 Å². The Labute approximate surface area is 138 Å². The Morgan fingerprint density at radius 2 is 1.87 bits per heavy atom. The van der Waals surface area contributed by atoms with Gasteiger partial charge in [0.05, 0.1) is 6.10 Å². The molecule has 2 amide bonds. The average molecular weight is 317 g/mol. The Balaban J connectivity index is 1.36. The molecule has 5 nitrogen and oxygen atoms in total. The molecule has 1 aliphatic carbocycles. The molecule has 0 unspecified atom stereocenters. The van der Waals surface area contributed by atoms with Gasteiger partial charge in [0.2, 0.25) is 0 Å². The number of carbonyl (C=O) groups is 1. The topological polar surface area (TPSA) is 64.6 Å². The first-order valence-corrected chi connectivity index (χ1v) is 8.64. The van der Waals surface area contributed by atoms with E-state index >= 15 is 0 Å². The standard InChI is InChI=1S/C18H27N3O2/c22-16(15-6-2-1-3-7-15)12-19-17(23)20-13-18(8-9-18)14-21-10-4-5-11-21/h1-3,6-7,16,22H,4-5,8-14H2,(H2,19,20,23)/t16-/m0/s1. The molecule has 3 rings (SSSR count). The minimum atomic E-state index is -0.665. The Morgan fingerprint density at radius 1 is 1.17 bits per heavy atom. The third kappa shape index (κ3) is 4.69. The van der Waals surface area contributed by atoms with Gasteiger partial charge >= 0.3 is 6.03 Å². The molecule has 0 radical (unpaired) electrons. The summed E-state index contributed by atoms with van der Waals surface area (Å²) in [5.74, 6) is 0. The molecule has 1 atom stereocenters. The van der Waals surface area contributed by atoms with Gasteiger partial charge in [0.25, 0.3) is 0 Å². The van der Waals surface area contributed by atoms with E-state index in [2.05, 4.69) is 15.5 Å². The van der Waals surface area contributed by atoms with E-state index in [9.17, 15) is 9.90 Å². The van der Waals surface area contributed by atoms with Gasteiger partial charge in [-0.05, 0) is 44.3 Å². The number of aliphatic hydroxyl groups is 1. The Bertz CT molecular complexity index is 510. The van der Waals surface area contributed by atoms with Crippen molar-refractivity contribution in [3.63, 3.8) is 0 Å². The van der Waals surface area contributed by atoms with Crippen LogP contribution in [-0.2, 0) is 0 Å². The van der Waals surface area contributed by atoms with Gasteiger partial charge in [-0.25, -0.2) is 4.79 Å². The molecule has 1 aliphatic heterocycles. The van der Waals surface area contributed by atoms with Crippen molar-refractivity contribution in [2.75, 3.05) is 32.7 Å². The highest BCUT2D eigenvalue weighted by atomic mass is 16.3. The Hall–Kier alpha value is -1.59. The van der Waals surface area contributed by atoms with E-state index in [0.717, 1.165) is 18.7 Å². The van der Waals surface area contributed by atoms with Crippen LogP contribution in [0.4, 0.5) is 4.79 Å². The molecule has 3 N–H and O–H groups in total. The monoisotopic (exact) mass is 317 g/mol. The van der Waals surface area contributed by atoms with Gasteiger partial charge in [-0.3, -0.25) is 0 Å². The van der Waals surface area contributed by atoms with Crippen molar-refractivity contribution in [3.8, 4) is 0 Å². The number of nitrogens with one attached hydrogen (secondary N) is 2. The lowest BCUT2D eigenvalue weighted by Crippen LogP contribution is -2.42. The molecule has 1 aromatic rings. The maximum atomic E-state index is 11.9. The molecular weight excluding hydrogens is 290 g/mol. The normalized spacial score (nSPS) is 20.9. The highest BCUT2D eigenvalue weighted by Gasteiger charge is 2.44. The average Bonchev–Trinajstić information content (AvgIpc) is 3.15. The van der Waals surface area contributed by atoms with E-state index in [1.54, 1.807) is 0 Å². The summed E-state index contributed by atoms with van der Waals surface area (Å²) in [5.41, 5.74) is 1.11. The first kappa shape index (κ1) is 16.3. The van der Waals surface area contributed by atoms with Gasteiger partial charge in [-0.2, -0.15) is 0 Å². The van der Waals surface area contributed by atoms with E-state index in [1.165, 1.54) is 38.8 Å². The van der Waals surface area contributed by atoms with Gasteiger partial charge in [0.1, 0.15) is 0 Å². The second kappa shape index (κ2) is 7.32. The number of nitrogens with zero attached hydrogens (tertiary/aromatic N) is 1. The number of likely N-dealkylation sites (tertiary alicyclic amines) is 1. The summed E-state index contributed by atoms with van der Waals surface area (Å²) >= 11 is 0. The van der Waals surface area contributed by atoms with Crippen LogP contribution in [0.5, 0.6) is 0 Å². The van der Waals surface area contributed by atoms with Crippen molar-refractivity contribution in [1.29, 1.82) is 0 Å². The quantitative estimate of drug-likeness (QED) is 0.719. The summed E-state index contributed by atoms with van der Waals surface area (Å²) in [6.07, 6.45) is 4.36. The number of carbonyl (C=O) groups excluding carboxylic acids is 1. The number of urea groups is 1. The highest BCUT2D eigenvalue weighted by molar-refractivity contribution is 5.73. The molecular formula is C18H27N3O2. The zero-order chi connectivity index (χ0) is 16.1. The maximum absolute atomic E-state index is 11.9. The first-order valence-electron chi connectivity index (χ1n) is 8.64. The van der Waals surface area contributed by atoms with Crippen molar-refractivity contribution in [3.05, 3.63) is 35.9 Å². The second-order valence-corrected chi connectivity index (χ2v) is 6.97. The zero-order valence-corrected chi connectivity index (χ0v) is 13.6. The summed E-state index contributed by atoms with van der Waals surface area (Å²) in [4.78, 5) is 14.5. The van der Waals surface area contributed by atoms with Crippen LogP contribution in [0.15, 0.2) is 30.3 Å². The lowest BCUT2D eigenvalue weighted by Gasteiger charge is -2.23. The van der Waals surface area contributed by atoms with Crippen molar-refractivity contribution in [2.45, 2.75) is 31.8 Å². The van der Waals surface area contributed by atoms with E-state index in [4.69, 9.17) is 0 Å². The van der Waals surface area contributed by atoms with Crippen molar-refractivity contribution < 1.29 is 9.90 Å². The summed E-state index contributed by atoms with van der Waals surface area (Å²) in [6, 6.07) is 9.21. The molecule has 126 valence electrons. The smallest absolute Gasteiger partial charge is 0.314 e. The lowest BCUT2D eigenvalue weighted by atomic mass is 10.1. The third-order valence-electron chi connectivity index (χ3n) is 4.98. The van der Waals surface area contributed by atoms with Crippen LogP contribution < -0.4 is 10.6 Å². The van der Waals surface area contributed by atoms with E-state index in [0.29, 0.717) is 5.41 Å². The molecule has 1 heterocycles. The summed E-state index contributed by atoms with van der Waals surface area (Å²) in [6.45, 7) is 4.49. The van der Waals surface area contributed by atoms with Crippen LogP contribution in [0, 0.1) is 5.41 Å². The van der Waals surface area contributed by atoms with E-state index < -0.39 is 6.10 Å². The van der Waals surface area contributed by atoms with Gasteiger partial charge < -0.3 is 20.6 Å². The van der Waals surface area contributed by atoms with Crippen molar-refractivity contribution in [1.82, 2.24) is 15.5 Å². The van der Waals surface area contributed by atoms with E-state index in [1.807, 2.05) is 30.3 Å². The summed E-state index contributed by atoms with van der Waals surface area (Å²) in [7, 11) is 0. The Morgan fingerprint density at radius 3 is 2.52 bits per heavy atom. The zero-order valence-electron chi connectivity index (χ0n) is 13.6. The van der Waals surface area contributed by atoms with Gasteiger partial charge in [0, 0.05) is 25.0 Å². The number of hydrogen-bond donors (Lipinski definition) is 3. The van der Waals surface area contributed by atoms with Crippen LogP contribution in [0.1, 0.15) is 37.4 Å². The highest BCUT2D eigenvalue weighted by Crippen LogP contribution is 2.46. The molecule has 1 saturated carbocycles. The maximum Gasteiger partial charge on any atom is 0.314 e. The van der Waals surface area contributed by atoms with Gasteiger partial charge in [-0.15, -0.1) is 0 Å². The molecule has 2 aliphatic rings. The third-order valence-corrected chi connectivity index (χ3v) is 4.98. The predicted molar refractivity (Wildman–Crippen MR) is 90.1 cm³/mol. The fourth-order valence-corrected chi connectivity index (χ4v) is 3.30. The molecule has 2 fully saturated rings. The van der Waals surface area contributed by atoms with Crippen LogP contribution in [0.3, 0.4) is 0 Å². The molecule has 0 spiro atoms. The van der Waals surface area contributed by atoms with E-state index in [-0.39, 0.29) is 12.6 Å². The lowest BCUT2D eigenvalue weighted by molar-refractivity contribution is 0.172. The number of benzene rings is 1. The fraction of sp³-hybridized carbons (Fsp3) is 0.611. The molecule has 23 heavy (non-hydrogen) atoms. The molecule has 1 saturated heterocycles. The largest absolute Gasteiger partial charge is 0.387 e. The molecule has 0 bridgehead atoms. The fourth-order valence-electron chi connectivity index (χ4n) is 3.30. The van der Waals surface area contributed by atoms with Crippen LogP contribution in [0.25, 0.3) is 0 Å². The molecule has 5 heteroatoms. The first-order chi connectivity index (χ1) is 11.2. The summed E-state index contributed by atoms with van der Waals surface area (Å²) in [5, 5.41) is 15.8. The number of rotatable bonds is 7. The minimum absolute atomic E-state index is 0.187. The minimum Gasteiger partial charge on any atom is -0.387 e. The van der Waals surface area contributed by atoms with Crippen LogP contribution in [-0.4, -0.2) is 48.8 Å². The predicted octanol–water partition coefficient (Wildman–Crippen LogP) is 1.90. The van der Waals surface area contributed by atoms with Gasteiger partial charge in [-0.1, -0.05) is 30.3 Å². The SMILES string of the molecule is O=C(NC[C@H](O)c1ccccc1)NCC1(CN2CCCC2)CC1. The number of aliphatic hydroxyl groups excluding tert-OH is 1. The number of amides is 2. The van der Waals surface area contributed by atoms with Crippen molar-refractivity contribution in [2.24, 2.45) is 5.41 Å². The van der Waals surface area contributed by atoms with Crippen LogP contribution >= 0.6 is 0 Å². The summed E-state index contributed by atoms with van der Waals surface area (Å²) < 4.78 is 0. The second-order valence-electron chi connectivity index (χ2n) is 6.97. The molecule has 0 aromatic heterocycles. The Kier molecular flexibility index (Phi) is 5.18. The van der Waals surface area contributed by atoms with Crippen molar-refractivity contribution >= 4 is 6.03 Å². The number of hydrogen-bond acceptors (Lipinski definition) is 3. The van der Waals surface area contributed by atoms with Crippen LogP contribution in [0.2, 0.25) is 0 Å². The molecule has 1 aromatic carbocycles.